The number of piperidine rings is 1. The summed E-state index contributed by atoms with van der Waals surface area (Å²) >= 11 is 0. The molecule has 142 valence electrons. The van der Waals surface area contributed by atoms with Gasteiger partial charge in [0, 0.05) is 25.6 Å². The van der Waals surface area contributed by atoms with Crippen LogP contribution in [0.5, 0.6) is 0 Å². The van der Waals surface area contributed by atoms with Gasteiger partial charge >= 0.3 is 6.09 Å². The third-order valence-corrected chi connectivity index (χ3v) is 4.50. The fraction of sp³-hybridized carbons (Fsp3) is 0.722. The largest absolute Gasteiger partial charge is 0.465 e. The average molecular weight is 353 g/mol. The van der Waals surface area contributed by atoms with Gasteiger partial charge in [0.15, 0.2) is 0 Å². The summed E-state index contributed by atoms with van der Waals surface area (Å²) in [5.41, 5.74) is -1.49. The fourth-order valence-corrected chi connectivity index (χ4v) is 3.38. The second-order valence-electron chi connectivity index (χ2n) is 7.73. The Hall–Kier alpha value is -2.05. The molecule has 0 aliphatic carbocycles. The van der Waals surface area contributed by atoms with Crippen LogP contribution in [0, 0.1) is 5.92 Å². The van der Waals surface area contributed by atoms with Gasteiger partial charge in [0.05, 0.1) is 0 Å². The molecule has 1 unspecified atom stereocenters. The second kappa shape index (κ2) is 8.36. The molecule has 1 aliphatic rings. The van der Waals surface area contributed by atoms with E-state index in [9.17, 15) is 14.4 Å². The predicted octanol–water partition coefficient (Wildman–Crippen LogP) is 2.13. The first-order valence-corrected chi connectivity index (χ1v) is 8.72. The summed E-state index contributed by atoms with van der Waals surface area (Å²) in [6, 6.07) is 0. The van der Waals surface area contributed by atoms with Crippen molar-refractivity contribution in [2.45, 2.75) is 64.5 Å². The van der Waals surface area contributed by atoms with Crippen LogP contribution in [0.1, 0.15) is 53.4 Å². The van der Waals surface area contributed by atoms with Crippen LogP contribution in [0.15, 0.2) is 12.7 Å². The maximum Gasteiger partial charge on any atom is 0.407 e. The lowest BCUT2D eigenvalue weighted by Crippen LogP contribution is -2.66. The van der Waals surface area contributed by atoms with Crippen molar-refractivity contribution in [3.63, 3.8) is 0 Å². The van der Waals surface area contributed by atoms with Crippen molar-refractivity contribution in [1.82, 2.24) is 15.5 Å². The lowest BCUT2D eigenvalue weighted by atomic mass is 9.73. The van der Waals surface area contributed by atoms with Crippen LogP contribution in [0.4, 0.5) is 4.79 Å². The Balaban J connectivity index is 3.14. The number of rotatable bonds is 6. The first-order chi connectivity index (χ1) is 11.5. The van der Waals surface area contributed by atoms with Gasteiger partial charge in [0.1, 0.15) is 5.54 Å². The highest BCUT2D eigenvalue weighted by atomic mass is 16.4. The molecule has 3 N–H and O–H groups in total. The summed E-state index contributed by atoms with van der Waals surface area (Å²) < 4.78 is 0. The third-order valence-electron chi connectivity index (χ3n) is 4.50. The molecule has 7 heteroatoms. The molecular weight excluding hydrogens is 322 g/mol. The van der Waals surface area contributed by atoms with E-state index in [1.807, 2.05) is 20.8 Å². The first kappa shape index (κ1) is 21.0. The van der Waals surface area contributed by atoms with E-state index in [0.29, 0.717) is 38.8 Å². The minimum absolute atomic E-state index is 0.130. The smallest absolute Gasteiger partial charge is 0.407 e. The molecule has 1 atom stereocenters. The Morgan fingerprint density at radius 2 is 1.76 bits per heavy atom. The van der Waals surface area contributed by atoms with Gasteiger partial charge in [-0.15, -0.1) is 6.58 Å². The zero-order valence-electron chi connectivity index (χ0n) is 15.7. The molecule has 25 heavy (non-hydrogen) atoms. The molecule has 0 bridgehead atoms. The molecule has 3 amide bonds. The number of hydrogen-bond acceptors (Lipinski definition) is 3. The van der Waals surface area contributed by atoms with E-state index in [4.69, 9.17) is 5.11 Å². The van der Waals surface area contributed by atoms with Crippen molar-refractivity contribution in [3.05, 3.63) is 12.7 Å². The van der Waals surface area contributed by atoms with Gasteiger partial charge in [0.25, 0.3) is 0 Å². The minimum atomic E-state index is -1.06. The summed E-state index contributed by atoms with van der Waals surface area (Å²) in [6.07, 6.45) is 2.86. The Labute approximate surface area is 149 Å². The van der Waals surface area contributed by atoms with Crippen LogP contribution >= 0.6 is 0 Å². The van der Waals surface area contributed by atoms with Crippen LogP contribution in [0.2, 0.25) is 0 Å². The Morgan fingerprint density at radius 3 is 2.16 bits per heavy atom. The molecule has 1 saturated heterocycles. The number of nitrogens with zero attached hydrogens (tertiary/aromatic N) is 1. The van der Waals surface area contributed by atoms with Crippen LogP contribution in [0.25, 0.3) is 0 Å². The SMILES string of the molecule is C=CCCC(NC(C)=O)(C(=O)NC(C)(C)C)C1CCN(C(=O)O)CC1. The molecular formula is C18H31N3O4. The van der Waals surface area contributed by atoms with Gasteiger partial charge in [-0.1, -0.05) is 6.08 Å². The molecule has 1 rings (SSSR count). The first-order valence-electron chi connectivity index (χ1n) is 8.72. The maximum absolute atomic E-state index is 13.1. The molecule has 0 radical (unpaired) electrons. The van der Waals surface area contributed by atoms with Crippen molar-refractivity contribution < 1.29 is 19.5 Å². The van der Waals surface area contributed by atoms with Crippen LogP contribution < -0.4 is 10.6 Å². The van der Waals surface area contributed by atoms with E-state index < -0.39 is 17.2 Å². The van der Waals surface area contributed by atoms with Crippen molar-refractivity contribution in [2.75, 3.05) is 13.1 Å². The number of carboxylic acid groups (broad SMARTS) is 1. The van der Waals surface area contributed by atoms with E-state index in [1.165, 1.54) is 11.8 Å². The van der Waals surface area contributed by atoms with Crippen LogP contribution in [0.3, 0.4) is 0 Å². The monoisotopic (exact) mass is 353 g/mol. The van der Waals surface area contributed by atoms with Gasteiger partial charge < -0.3 is 20.6 Å². The zero-order valence-corrected chi connectivity index (χ0v) is 15.7. The van der Waals surface area contributed by atoms with Gasteiger partial charge in [-0.3, -0.25) is 9.59 Å². The van der Waals surface area contributed by atoms with Crippen molar-refractivity contribution in [2.24, 2.45) is 5.92 Å². The van der Waals surface area contributed by atoms with Gasteiger partial charge in [-0.25, -0.2) is 4.79 Å². The lowest BCUT2D eigenvalue weighted by molar-refractivity contribution is -0.138. The van der Waals surface area contributed by atoms with E-state index in [2.05, 4.69) is 17.2 Å². The zero-order chi connectivity index (χ0) is 19.3. The highest BCUT2D eigenvalue weighted by Crippen LogP contribution is 2.33. The van der Waals surface area contributed by atoms with E-state index in [0.717, 1.165) is 0 Å². The number of allylic oxidation sites excluding steroid dienone is 1. The third kappa shape index (κ3) is 5.76. The average Bonchev–Trinajstić information content (AvgIpc) is 2.49. The normalized spacial score (nSPS) is 18.2. The molecule has 0 aromatic carbocycles. The number of likely N-dealkylation sites (tertiary alicyclic amines) is 1. The molecule has 1 aliphatic heterocycles. The van der Waals surface area contributed by atoms with Crippen molar-refractivity contribution >= 4 is 17.9 Å². The topological polar surface area (TPSA) is 98.7 Å². The quantitative estimate of drug-likeness (QED) is 0.637. The van der Waals surface area contributed by atoms with Crippen molar-refractivity contribution in [1.29, 1.82) is 0 Å². The fourth-order valence-electron chi connectivity index (χ4n) is 3.38. The lowest BCUT2D eigenvalue weighted by Gasteiger charge is -2.44. The summed E-state index contributed by atoms with van der Waals surface area (Å²) in [4.78, 5) is 37.5. The molecule has 0 aromatic rings. The number of hydrogen-bond donors (Lipinski definition) is 3. The maximum atomic E-state index is 13.1. The van der Waals surface area contributed by atoms with Gasteiger partial charge in [-0.2, -0.15) is 0 Å². The van der Waals surface area contributed by atoms with Crippen molar-refractivity contribution in [3.8, 4) is 0 Å². The summed E-state index contributed by atoms with van der Waals surface area (Å²) in [6.45, 7) is 11.5. The summed E-state index contributed by atoms with van der Waals surface area (Å²) in [7, 11) is 0. The summed E-state index contributed by atoms with van der Waals surface area (Å²) in [5.74, 6) is -0.617. The molecule has 0 saturated carbocycles. The molecule has 7 nitrogen and oxygen atoms in total. The Morgan fingerprint density at radius 1 is 1.20 bits per heavy atom. The van der Waals surface area contributed by atoms with Gasteiger partial charge in [0.2, 0.25) is 11.8 Å². The van der Waals surface area contributed by atoms with Gasteiger partial charge in [-0.05, 0) is 52.4 Å². The number of amides is 3. The van der Waals surface area contributed by atoms with Crippen LogP contribution in [-0.4, -0.2) is 52.1 Å². The molecule has 0 aromatic heterocycles. The summed E-state index contributed by atoms with van der Waals surface area (Å²) in [5, 5.41) is 15.0. The minimum Gasteiger partial charge on any atom is -0.465 e. The standard InChI is InChI=1S/C18H31N3O4/c1-6-7-10-18(19-13(2)22,15(23)20-17(3,4)5)14-8-11-21(12-9-14)16(24)25/h6,14H,1,7-12H2,2-5H3,(H,19,22)(H,20,23)(H,24,25). The number of nitrogens with one attached hydrogen (secondary N) is 2. The second-order valence-corrected chi connectivity index (χ2v) is 7.73. The predicted molar refractivity (Wildman–Crippen MR) is 96.2 cm³/mol. The van der Waals surface area contributed by atoms with Crippen LogP contribution in [-0.2, 0) is 9.59 Å². The highest BCUT2D eigenvalue weighted by Gasteiger charge is 2.47. The van der Waals surface area contributed by atoms with E-state index in [1.54, 1.807) is 6.08 Å². The Kier molecular flexibility index (Phi) is 7.02. The molecule has 1 fully saturated rings. The molecule has 1 heterocycles. The highest BCUT2D eigenvalue weighted by molar-refractivity contribution is 5.91. The number of carbonyl (C=O) groups is 3. The van der Waals surface area contributed by atoms with E-state index in [-0.39, 0.29) is 17.7 Å². The number of carbonyl (C=O) groups excluding carboxylic acids is 2. The van der Waals surface area contributed by atoms with E-state index >= 15 is 0 Å². The molecule has 0 spiro atoms. The Bertz CT molecular complexity index is 519.